The fraction of sp³-hybridized carbons (Fsp3) is 0.682. The lowest BCUT2D eigenvalue weighted by molar-refractivity contribution is -0.140. The van der Waals surface area contributed by atoms with Gasteiger partial charge in [-0.1, -0.05) is 64.5 Å². The van der Waals surface area contributed by atoms with E-state index in [4.69, 9.17) is 4.74 Å². The standard InChI is InChI=1S/C22H31FO2/c1-3-5-15-6-8-16(9-7-15)10-11-18-12-13-19-14-17(4-2)22(24)25-21(19)20(18)23/h12-13,15-17H,3-11,14H2,1-2H3. The van der Waals surface area contributed by atoms with Crippen molar-refractivity contribution in [3.8, 4) is 5.75 Å². The van der Waals surface area contributed by atoms with Gasteiger partial charge >= 0.3 is 5.97 Å². The molecule has 3 rings (SSSR count). The number of rotatable bonds is 6. The predicted molar refractivity (Wildman–Crippen MR) is 98.2 cm³/mol. The molecule has 138 valence electrons. The smallest absolute Gasteiger partial charge is 0.314 e. The number of fused-ring (bicyclic) bond motifs is 1. The van der Waals surface area contributed by atoms with Crippen molar-refractivity contribution in [2.45, 2.75) is 78.1 Å². The van der Waals surface area contributed by atoms with E-state index in [1.165, 1.54) is 38.5 Å². The van der Waals surface area contributed by atoms with E-state index in [0.717, 1.165) is 36.7 Å². The summed E-state index contributed by atoms with van der Waals surface area (Å²) in [6.45, 7) is 4.23. The van der Waals surface area contributed by atoms with Crippen LogP contribution in [0.1, 0.15) is 76.3 Å². The summed E-state index contributed by atoms with van der Waals surface area (Å²) in [6, 6.07) is 3.86. The van der Waals surface area contributed by atoms with Crippen LogP contribution in [0.2, 0.25) is 0 Å². The summed E-state index contributed by atoms with van der Waals surface area (Å²) in [4.78, 5) is 12.0. The summed E-state index contributed by atoms with van der Waals surface area (Å²) in [5.41, 5.74) is 1.55. The Morgan fingerprint density at radius 3 is 2.40 bits per heavy atom. The average Bonchev–Trinajstić information content (AvgIpc) is 2.63. The molecule has 25 heavy (non-hydrogen) atoms. The summed E-state index contributed by atoms with van der Waals surface area (Å²) in [6.07, 6.45) is 11.0. The van der Waals surface area contributed by atoms with Crippen molar-refractivity contribution in [2.75, 3.05) is 0 Å². The highest BCUT2D eigenvalue weighted by molar-refractivity contribution is 5.78. The van der Waals surface area contributed by atoms with E-state index < -0.39 is 0 Å². The van der Waals surface area contributed by atoms with Gasteiger partial charge in [0.15, 0.2) is 11.6 Å². The number of hydrogen-bond acceptors (Lipinski definition) is 2. The van der Waals surface area contributed by atoms with Gasteiger partial charge in [0.2, 0.25) is 0 Å². The van der Waals surface area contributed by atoms with Gasteiger partial charge in [-0.2, -0.15) is 0 Å². The molecule has 1 aromatic carbocycles. The van der Waals surface area contributed by atoms with Crippen LogP contribution in [0.4, 0.5) is 4.39 Å². The number of hydrogen-bond donors (Lipinski definition) is 0. The third-order valence-corrected chi connectivity index (χ3v) is 6.24. The van der Waals surface area contributed by atoms with Crippen molar-refractivity contribution in [3.05, 3.63) is 29.1 Å². The molecule has 2 aliphatic rings. The van der Waals surface area contributed by atoms with E-state index in [1.54, 1.807) is 0 Å². The SMILES string of the molecule is CCCC1CCC(CCc2ccc3c(c2F)OC(=O)C(CC)C3)CC1. The minimum atomic E-state index is -0.305. The highest BCUT2D eigenvalue weighted by atomic mass is 19.1. The van der Waals surface area contributed by atoms with Crippen LogP contribution in [0, 0.1) is 23.6 Å². The van der Waals surface area contributed by atoms with Crippen LogP contribution in [-0.2, 0) is 17.6 Å². The lowest BCUT2D eigenvalue weighted by Gasteiger charge is -2.28. The van der Waals surface area contributed by atoms with Crippen LogP contribution in [0.3, 0.4) is 0 Å². The highest BCUT2D eigenvalue weighted by Crippen LogP contribution is 2.36. The van der Waals surface area contributed by atoms with E-state index in [1.807, 2.05) is 19.1 Å². The third-order valence-electron chi connectivity index (χ3n) is 6.24. The van der Waals surface area contributed by atoms with Gasteiger partial charge in [-0.15, -0.1) is 0 Å². The molecule has 1 aliphatic heterocycles. The summed E-state index contributed by atoms with van der Waals surface area (Å²) in [5, 5.41) is 0. The molecule has 0 saturated heterocycles. The lowest BCUT2D eigenvalue weighted by atomic mass is 9.78. The van der Waals surface area contributed by atoms with Crippen molar-refractivity contribution >= 4 is 5.97 Å². The van der Waals surface area contributed by atoms with Crippen LogP contribution in [0.25, 0.3) is 0 Å². The Balaban J connectivity index is 1.59. The molecule has 1 saturated carbocycles. The van der Waals surface area contributed by atoms with E-state index in [0.29, 0.717) is 12.0 Å². The molecule has 1 fully saturated rings. The minimum absolute atomic E-state index is 0.129. The van der Waals surface area contributed by atoms with Gasteiger partial charge in [0, 0.05) is 0 Å². The molecule has 1 atom stereocenters. The number of benzene rings is 1. The average molecular weight is 346 g/mol. The fourth-order valence-corrected chi connectivity index (χ4v) is 4.52. The zero-order valence-corrected chi connectivity index (χ0v) is 15.7. The number of carbonyl (C=O) groups excluding carboxylic acids is 1. The maximum Gasteiger partial charge on any atom is 0.314 e. The van der Waals surface area contributed by atoms with Gasteiger partial charge in [-0.05, 0) is 48.6 Å². The van der Waals surface area contributed by atoms with Crippen LogP contribution >= 0.6 is 0 Å². The summed E-state index contributed by atoms with van der Waals surface area (Å²) < 4.78 is 20.1. The molecule has 1 aliphatic carbocycles. The number of carbonyl (C=O) groups is 1. The number of halogens is 1. The van der Waals surface area contributed by atoms with Crippen molar-refractivity contribution in [1.82, 2.24) is 0 Å². The molecule has 0 amide bonds. The minimum Gasteiger partial charge on any atom is -0.423 e. The zero-order valence-electron chi connectivity index (χ0n) is 15.7. The van der Waals surface area contributed by atoms with Crippen molar-refractivity contribution in [1.29, 1.82) is 0 Å². The van der Waals surface area contributed by atoms with E-state index in [-0.39, 0.29) is 23.5 Å². The molecule has 2 nitrogen and oxygen atoms in total. The Bertz CT molecular complexity index is 602. The van der Waals surface area contributed by atoms with Gasteiger partial charge in [0.05, 0.1) is 5.92 Å². The molecular formula is C22H31FO2. The zero-order chi connectivity index (χ0) is 17.8. The predicted octanol–water partition coefficient (Wildman–Crippen LogP) is 5.85. The summed E-state index contributed by atoms with van der Waals surface area (Å²) in [5.74, 6) is 1.11. The Morgan fingerprint density at radius 2 is 1.76 bits per heavy atom. The molecule has 0 aromatic heterocycles. The first-order chi connectivity index (χ1) is 12.1. The molecule has 0 radical (unpaired) electrons. The molecule has 1 unspecified atom stereocenters. The van der Waals surface area contributed by atoms with Gasteiger partial charge in [-0.25, -0.2) is 4.39 Å². The van der Waals surface area contributed by atoms with Gasteiger partial charge in [-0.3, -0.25) is 4.79 Å². The topological polar surface area (TPSA) is 26.3 Å². The van der Waals surface area contributed by atoms with E-state index in [9.17, 15) is 9.18 Å². The molecule has 1 heterocycles. The second-order valence-corrected chi connectivity index (χ2v) is 7.97. The molecule has 0 spiro atoms. The maximum atomic E-state index is 14.8. The molecule has 0 N–H and O–H groups in total. The lowest BCUT2D eigenvalue weighted by Crippen LogP contribution is -2.28. The van der Waals surface area contributed by atoms with Gasteiger partial charge in [0.1, 0.15) is 0 Å². The molecule has 3 heteroatoms. The van der Waals surface area contributed by atoms with Crippen molar-refractivity contribution < 1.29 is 13.9 Å². The van der Waals surface area contributed by atoms with Crippen LogP contribution in [-0.4, -0.2) is 5.97 Å². The molecular weight excluding hydrogens is 315 g/mol. The fourth-order valence-electron chi connectivity index (χ4n) is 4.52. The van der Waals surface area contributed by atoms with Gasteiger partial charge < -0.3 is 4.74 Å². The summed E-state index contributed by atoms with van der Waals surface area (Å²) in [7, 11) is 0. The Morgan fingerprint density at radius 1 is 1.08 bits per heavy atom. The Hall–Kier alpha value is -1.38. The second kappa shape index (κ2) is 8.33. The number of ether oxygens (including phenoxy) is 1. The third kappa shape index (κ3) is 4.24. The normalized spacial score (nSPS) is 26.2. The van der Waals surface area contributed by atoms with Crippen LogP contribution in [0.15, 0.2) is 12.1 Å². The van der Waals surface area contributed by atoms with E-state index in [2.05, 4.69) is 6.92 Å². The quantitative estimate of drug-likeness (QED) is 0.477. The maximum absolute atomic E-state index is 14.8. The largest absolute Gasteiger partial charge is 0.423 e. The Labute approximate surface area is 151 Å². The number of esters is 1. The number of aryl methyl sites for hydroxylation is 1. The van der Waals surface area contributed by atoms with Crippen LogP contribution in [0.5, 0.6) is 5.75 Å². The monoisotopic (exact) mass is 346 g/mol. The van der Waals surface area contributed by atoms with Crippen molar-refractivity contribution in [3.63, 3.8) is 0 Å². The Kier molecular flexibility index (Phi) is 6.14. The highest BCUT2D eigenvalue weighted by Gasteiger charge is 2.30. The molecule has 1 aromatic rings. The first kappa shape index (κ1) is 18.4. The molecule has 0 bridgehead atoms. The van der Waals surface area contributed by atoms with Gasteiger partial charge in [0.25, 0.3) is 0 Å². The summed E-state index contributed by atoms with van der Waals surface area (Å²) >= 11 is 0. The van der Waals surface area contributed by atoms with Crippen LogP contribution < -0.4 is 4.74 Å². The van der Waals surface area contributed by atoms with E-state index >= 15 is 0 Å². The second-order valence-electron chi connectivity index (χ2n) is 7.97. The first-order valence-corrected chi connectivity index (χ1v) is 10.1. The van der Waals surface area contributed by atoms with Crippen molar-refractivity contribution in [2.24, 2.45) is 17.8 Å². The first-order valence-electron chi connectivity index (χ1n) is 10.1.